The Kier molecular flexibility index (Phi) is 3.89. The molecule has 1 atom stereocenters. The van der Waals surface area contributed by atoms with Gasteiger partial charge in [-0.05, 0) is 43.4 Å². The van der Waals surface area contributed by atoms with Crippen LogP contribution in [0.25, 0.3) is 0 Å². The van der Waals surface area contributed by atoms with Crippen LogP contribution in [0.4, 0.5) is 13.2 Å². The second kappa shape index (κ2) is 5.57. The summed E-state index contributed by atoms with van der Waals surface area (Å²) < 4.78 is 43.1. The molecule has 1 heterocycles. The zero-order valence-corrected chi connectivity index (χ0v) is 12.1. The van der Waals surface area contributed by atoms with Crippen LogP contribution in [0, 0.1) is 0 Å². The fraction of sp³-hybridized carbons (Fsp3) is 0.562. The van der Waals surface area contributed by atoms with Gasteiger partial charge in [-0.25, -0.2) is 0 Å². The SMILES string of the molecule is O=C(NCC1(c2ccc(C(F)(F)F)cc2)CC1)[C@@H]1CCCO1. The summed E-state index contributed by atoms with van der Waals surface area (Å²) in [4.78, 5) is 12.0. The minimum Gasteiger partial charge on any atom is -0.368 e. The van der Waals surface area contributed by atoms with Crippen molar-refractivity contribution in [2.75, 3.05) is 13.2 Å². The molecule has 1 aliphatic carbocycles. The van der Waals surface area contributed by atoms with E-state index in [4.69, 9.17) is 4.74 Å². The lowest BCUT2D eigenvalue weighted by atomic mass is 9.94. The molecule has 2 fully saturated rings. The molecule has 1 saturated carbocycles. The number of carbonyl (C=O) groups is 1. The number of rotatable bonds is 4. The Morgan fingerprint density at radius 3 is 2.45 bits per heavy atom. The molecule has 0 radical (unpaired) electrons. The van der Waals surface area contributed by atoms with Crippen LogP contribution in [0.1, 0.15) is 36.8 Å². The highest BCUT2D eigenvalue weighted by Gasteiger charge is 2.45. The Balaban J connectivity index is 1.62. The molecule has 1 aliphatic heterocycles. The Hall–Kier alpha value is -1.56. The van der Waals surface area contributed by atoms with Crippen molar-refractivity contribution in [1.29, 1.82) is 0 Å². The van der Waals surface area contributed by atoms with Gasteiger partial charge in [0.15, 0.2) is 0 Å². The molecule has 3 rings (SSSR count). The summed E-state index contributed by atoms with van der Waals surface area (Å²) in [6.07, 6.45) is -1.30. The van der Waals surface area contributed by atoms with E-state index in [1.165, 1.54) is 12.1 Å². The Morgan fingerprint density at radius 2 is 1.95 bits per heavy atom. The summed E-state index contributed by atoms with van der Waals surface area (Å²) in [6.45, 7) is 1.07. The number of hydrogen-bond acceptors (Lipinski definition) is 2. The lowest BCUT2D eigenvalue weighted by Gasteiger charge is -2.19. The molecule has 0 unspecified atom stereocenters. The molecule has 2 aliphatic rings. The van der Waals surface area contributed by atoms with Crippen LogP contribution < -0.4 is 5.32 Å². The van der Waals surface area contributed by atoms with E-state index < -0.39 is 11.7 Å². The molecule has 6 heteroatoms. The third kappa shape index (κ3) is 3.11. The maximum absolute atomic E-state index is 12.6. The van der Waals surface area contributed by atoms with Crippen LogP contribution in [0.2, 0.25) is 0 Å². The first-order chi connectivity index (χ1) is 10.4. The molecule has 0 bridgehead atoms. The number of ether oxygens (including phenoxy) is 1. The molecule has 1 N–H and O–H groups in total. The van der Waals surface area contributed by atoms with Gasteiger partial charge in [0.1, 0.15) is 6.10 Å². The summed E-state index contributed by atoms with van der Waals surface area (Å²) in [5.41, 5.74) is 0.00172. The first-order valence-corrected chi connectivity index (χ1v) is 7.48. The number of amides is 1. The van der Waals surface area contributed by atoms with Gasteiger partial charge in [0.05, 0.1) is 5.56 Å². The van der Waals surface area contributed by atoms with Crippen molar-refractivity contribution in [1.82, 2.24) is 5.32 Å². The number of alkyl halides is 3. The monoisotopic (exact) mass is 313 g/mol. The molecular formula is C16H18F3NO2. The van der Waals surface area contributed by atoms with Crippen LogP contribution in [-0.4, -0.2) is 25.2 Å². The summed E-state index contributed by atoms with van der Waals surface area (Å²) in [7, 11) is 0. The van der Waals surface area contributed by atoms with Gasteiger partial charge in [-0.1, -0.05) is 12.1 Å². The van der Waals surface area contributed by atoms with Crippen molar-refractivity contribution in [3.8, 4) is 0 Å². The van der Waals surface area contributed by atoms with Gasteiger partial charge < -0.3 is 10.1 Å². The smallest absolute Gasteiger partial charge is 0.368 e. The summed E-state index contributed by atoms with van der Waals surface area (Å²) >= 11 is 0. The van der Waals surface area contributed by atoms with Gasteiger partial charge in [-0.3, -0.25) is 4.79 Å². The Bertz CT molecular complexity index is 544. The first-order valence-electron chi connectivity index (χ1n) is 7.48. The minimum absolute atomic E-state index is 0.115. The van der Waals surface area contributed by atoms with Crippen molar-refractivity contribution in [3.05, 3.63) is 35.4 Å². The maximum atomic E-state index is 12.6. The molecule has 120 valence electrons. The second-order valence-corrected chi connectivity index (χ2v) is 6.07. The number of hydrogen-bond donors (Lipinski definition) is 1. The van der Waals surface area contributed by atoms with Crippen LogP contribution in [0.15, 0.2) is 24.3 Å². The molecule has 0 spiro atoms. The Labute approximate surface area is 126 Å². The largest absolute Gasteiger partial charge is 0.416 e. The van der Waals surface area contributed by atoms with Crippen LogP contribution in [0.5, 0.6) is 0 Å². The van der Waals surface area contributed by atoms with Gasteiger partial charge in [0.25, 0.3) is 0 Å². The van der Waals surface area contributed by atoms with Gasteiger partial charge in [-0.15, -0.1) is 0 Å². The van der Waals surface area contributed by atoms with Crippen LogP contribution in [0.3, 0.4) is 0 Å². The average Bonchev–Trinajstić information content (AvgIpc) is 3.07. The van der Waals surface area contributed by atoms with E-state index in [0.717, 1.165) is 43.4 Å². The quantitative estimate of drug-likeness (QED) is 0.928. The van der Waals surface area contributed by atoms with E-state index in [1.807, 2.05) is 0 Å². The zero-order valence-electron chi connectivity index (χ0n) is 12.1. The maximum Gasteiger partial charge on any atom is 0.416 e. The highest BCUT2D eigenvalue weighted by Crippen LogP contribution is 2.48. The fourth-order valence-corrected chi connectivity index (χ4v) is 2.89. The van der Waals surface area contributed by atoms with E-state index in [0.29, 0.717) is 13.2 Å². The van der Waals surface area contributed by atoms with E-state index in [9.17, 15) is 18.0 Å². The molecule has 1 aromatic carbocycles. The fourth-order valence-electron chi connectivity index (χ4n) is 2.89. The second-order valence-electron chi connectivity index (χ2n) is 6.07. The molecule has 1 saturated heterocycles. The van der Waals surface area contributed by atoms with Crippen molar-refractivity contribution in [2.45, 2.75) is 43.4 Å². The molecule has 3 nitrogen and oxygen atoms in total. The lowest BCUT2D eigenvalue weighted by Crippen LogP contribution is -2.38. The molecule has 1 amide bonds. The average molecular weight is 313 g/mol. The zero-order chi connectivity index (χ0) is 15.8. The standard InChI is InChI=1S/C16H18F3NO2/c17-16(18,19)12-5-3-11(4-6-12)15(7-8-15)10-20-14(21)13-2-1-9-22-13/h3-6,13H,1-2,7-10H2,(H,20,21)/t13-/m0/s1. The van der Waals surface area contributed by atoms with Crippen LogP contribution >= 0.6 is 0 Å². The predicted octanol–water partition coefficient (Wildman–Crippen LogP) is 3.03. The predicted molar refractivity (Wildman–Crippen MR) is 74.3 cm³/mol. The highest BCUT2D eigenvalue weighted by atomic mass is 19.4. The molecule has 22 heavy (non-hydrogen) atoms. The van der Waals surface area contributed by atoms with E-state index >= 15 is 0 Å². The summed E-state index contributed by atoms with van der Waals surface area (Å²) in [6, 6.07) is 5.26. The number of halogens is 3. The number of benzene rings is 1. The summed E-state index contributed by atoms with van der Waals surface area (Å²) in [5.74, 6) is -0.115. The van der Waals surface area contributed by atoms with Gasteiger partial charge in [-0.2, -0.15) is 13.2 Å². The molecule has 0 aromatic heterocycles. The highest BCUT2D eigenvalue weighted by molar-refractivity contribution is 5.81. The molecule has 1 aromatic rings. The van der Waals surface area contributed by atoms with E-state index in [-0.39, 0.29) is 17.4 Å². The van der Waals surface area contributed by atoms with Gasteiger partial charge in [0.2, 0.25) is 5.91 Å². The number of carbonyl (C=O) groups excluding carboxylic acids is 1. The summed E-state index contributed by atoms with van der Waals surface area (Å²) in [5, 5.41) is 2.88. The first kappa shape index (κ1) is 15.3. The minimum atomic E-state index is -4.32. The third-order valence-electron chi connectivity index (χ3n) is 4.50. The topological polar surface area (TPSA) is 38.3 Å². The van der Waals surface area contributed by atoms with Crippen molar-refractivity contribution in [2.24, 2.45) is 0 Å². The van der Waals surface area contributed by atoms with Crippen molar-refractivity contribution < 1.29 is 22.7 Å². The number of nitrogens with one attached hydrogen (secondary N) is 1. The van der Waals surface area contributed by atoms with Gasteiger partial charge in [0, 0.05) is 18.6 Å². The van der Waals surface area contributed by atoms with Crippen molar-refractivity contribution >= 4 is 5.91 Å². The van der Waals surface area contributed by atoms with Crippen LogP contribution in [-0.2, 0) is 21.1 Å². The Morgan fingerprint density at radius 1 is 1.27 bits per heavy atom. The lowest BCUT2D eigenvalue weighted by molar-refractivity contribution is -0.137. The normalized spacial score (nSPS) is 23.3. The van der Waals surface area contributed by atoms with Gasteiger partial charge >= 0.3 is 6.18 Å². The molecular weight excluding hydrogens is 295 g/mol. The third-order valence-corrected chi connectivity index (χ3v) is 4.50. The van der Waals surface area contributed by atoms with E-state index in [1.54, 1.807) is 0 Å². The van der Waals surface area contributed by atoms with E-state index in [2.05, 4.69) is 5.32 Å². The van der Waals surface area contributed by atoms with Crippen molar-refractivity contribution in [3.63, 3.8) is 0 Å².